The number of ketones is 1. The SMILES string of the molecule is CCCCCCCCCCCCCCCC(=O)C(CC)C(N)CC. The Morgan fingerprint density at radius 2 is 1.08 bits per heavy atom. The first-order valence-electron chi connectivity index (χ1n) is 11.0. The van der Waals surface area contributed by atoms with Gasteiger partial charge in [-0.1, -0.05) is 97.8 Å². The van der Waals surface area contributed by atoms with Crippen molar-refractivity contribution in [2.24, 2.45) is 11.7 Å². The minimum Gasteiger partial charge on any atom is -0.327 e. The average molecular weight is 340 g/mol. The Morgan fingerprint density at radius 3 is 1.46 bits per heavy atom. The molecule has 0 saturated heterocycles. The summed E-state index contributed by atoms with van der Waals surface area (Å²) in [7, 11) is 0. The first-order chi connectivity index (χ1) is 11.7. The molecule has 2 N–H and O–H groups in total. The molecule has 0 bridgehead atoms. The minimum atomic E-state index is 0.0597. The summed E-state index contributed by atoms with van der Waals surface area (Å²) in [5, 5.41) is 0. The monoisotopic (exact) mass is 339 g/mol. The highest BCUT2D eigenvalue weighted by Gasteiger charge is 2.21. The largest absolute Gasteiger partial charge is 0.327 e. The van der Waals surface area contributed by atoms with Gasteiger partial charge in [-0.2, -0.15) is 0 Å². The van der Waals surface area contributed by atoms with Crippen LogP contribution in [-0.4, -0.2) is 11.8 Å². The first-order valence-corrected chi connectivity index (χ1v) is 11.0. The van der Waals surface area contributed by atoms with Gasteiger partial charge in [-0.05, 0) is 19.3 Å². The van der Waals surface area contributed by atoms with Crippen LogP contribution in [0.15, 0.2) is 0 Å². The normalized spacial score (nSPS) is 13.8. The van der Waals surface area contributed by atoms with Gasteiger partial charge in [-0.25, -0.2) is 0 Å². The number of hydrogen-bond acceptors (Lipinski definition) is 2. The molecule has 2 heteroatoms. The fourth-order valence-corrected chi connectivity index (χ4v) is 3.56. The molecule has 0 fully saturated rings. The summed E-state index contributed by atoms with van der Waals surface area (Å²) in [6.45, 7) is 6.44. The number of carbonyl (C=O) groups is 1. The van der Waals surface area contributed by atoms with E-state index in [4.69, 9.17) is 5.73 Å². The zero-order valence-electron chi connectivity index (χ0n) is 17.0. The van der Waals surface area contributed by atoms with Crippen LogP contribution in [0.3, 0.4) is 0 Å². The third kappa shape index (κ3) is 13.0. The third-order valence-corrected chi connectivity index (χ3v) is 5.37. The Hall–Kier alpha value is -0.370. The molecule has 0 aromatic heterocycles. The van der Waals surface area contributed by atoms with Crippen LogP contribution in [0.4, 0.5) is 0 Å². The van der Waals surface area contributed by atoms with E-state index in [1.165, 1.54) is 77.0 Å². The number of Topliss-reactive ketones (excluding diaryl/α,β-unsaturated/α-hetero) is 1. The molecule has 144 valence electrons. The molecule has 2 unspecified atom stereocenters. The lowest BCUT2D eigenvalue weighted by Crippen LogP contribution is -2.34. The van der Waals surface area contributed by atoms with Crippen molar-refractivity contribution in [2.45, 2.75) is 130 Å². The number of rotatable bonds is 18. The molecule has 0 aliphatic carbocycles. The van der Waals surface area contributed by atoms with Crippen molar-refractivity contribution in [1.29, 1.82) is 0 Å². The molecule has 0 spiro atoms. The molecular formula is C22H45NO. The van der Waals surface area contributed by atoms with Gasteiger partial charge >= 0.3 is 0 Å². The molecule has 2 nitrogen and oxygen atoms in total. The second kappa shape index (κ2) is 17.5. The summed E-state index contributed by atoms with van der Waals surface area (Å²) in [6, 6.07) is 0.0597. The summed E-state index contributed by atoms with van der Waals surface area (Å²) >= 11 is 0. The van der Waals surface area contributed by atoms with E-state index in [0.717, 1.165) is 25.7 Å². The summed E-state index contributed by atoms with van der Waals surface area (Å²) in [5.74, 6) is 0.488. The zero-order valence-corrected chi connectivity index (χ0v) is 17.0. The van der Waals surface area contributed by atoms with Crippen LogP contribution in [0.1, 0.15) is 124 Å². The lowest BCUT2D eigenvalue weighted by atomic mass is 9.88. The van der Waals surface area contributed by atoms with Gasteiger partial charge in [0.1, 0.15) is 5.78 Å². The Kier molecular flexibility index (Phi) is 17.2. The Bertz CT molecular complexity index is 277. The number of nitrogens with two attached hydrogens (primary N) is 1. The summed E-state index contributed by atoms with van der Waals surface area (Å²) in [6.07, 6.45) is 20.1. The third-order valence-electron chi connectivity index (χ3n) is 5.37. The van der Waals surface area contributed by atoms with Crippen LogP contribution in [0.2, 0.25) is 0 Å². The second-order valence-corrected chi connectivity index (χ2v) is 7.55. The fourth-order valence-electron chi connectivity index (χ4n) is 3.56. The molecule has 0 rings (SSSR count). The van der Waals surface area contributed by atoms with Crippen LogP contribution in [0.25, 0.3) is 0 Å². The van der Waals surface area contributed by atoms with Gasteiger partial charge in [-0.3, -0.25) is 4.79 Å². The van der Waals surface area contributed by atoms with Crippen molar-refractivity contribution in [3.05, 3.63) is 0 Å². The summed E-state index contributed by atoms with van der Waals surface area (Å²) < 4.78 is 0. The Labute approximate surface area is 152 Å². The molecule has 0 heterocycles. The Morgan fingerprint density at radius 1 is 0.667 bits per heavy atom. The first kappa shape index (κ1) is 23.6. The van der Waals surface area contributed by atoms with Gasteiger partial charge in [0.05, 0.1) is 0 Å². The van der Waals surface area contributed by atoms with Crippen molar-refractivity contribution < 1.29 is 4.79 Å². The number of unbranched alkanes of at least 4 members (excludes halogenated alkanes) is 12. The van der Waals surface area contributed by atoms with Gasteiger partial charge in [0.15, 0.2) is 0 Å². The van der Waals surface area contributed by atoms with Crippen LogP contribution < -0.4 is 5.73 Å². The van der Waals surface area contributed by atoms with E-state index in [0.29, 0.717) is 5.78 Å². The highest BCUT2D eigenvalue weighted by Crippen LogP contribution is 2.17. The smallest absolute Gasteiger partial charge is 0.137 e. The van der Waals surface area contributed by atoms with Crippen molar-refractivity contribution in [2.75, 3.05) is 0 Å². The van der Waals surface area contributed by atoms with E-state index < -0.39 is 0 Å². The molecule has 0 aliphatic rings. The molecule has 0 saturated carbocycles. The molecular weight excluding hydrogens is 294 g/mol. The highest BCUT2D eigenvalue weighted by atomic mass is 16.1. The van der Waals surface area contributed by atoms with E-state index in [2.05, 4.69) is 20.8 Å². The van der Waals surface area contributed by atoms with Gasteiger partial charge in [0.2, 0.25) is 0 Å². The van der Waals surface area contributed by atoms with Gasteiger partial charge < -0.3 is 5.73 Å². The van der Waals surface area contributed by atoms with Crippen molar-refractivity contribution in [1.82, 2.24) is 0 Å². The van der Waals surface area contributed by atoms with Gasteiger partial charge in [0, 0.05) is 18.4 Å². The van der Waals surface area contributed by atoms with Crippen LogP contribution >= 0.6 is 0 Å². The average Bonchev–Trinajstić information content (AvgIpc) is 2.59. The molecule has 0 amide bonds. The van der Waals surface area contributed by atoms with E-state index in [1.54, 1.807) is 0 Å². The van der Waals surface area contributed by atoms with Crippen LogP contribution in [0.5, 0.6) is 0 Å². The van der Waals surface area contributed by atoms with Crippen molar-refractivity contribution in [3.8, 4) is 0 Å². The maximum atomic E-state index is 12.2. The zero-order chi connectivity index (χ0) is 18.0. The van der Waals surface area contributed by atoms with Gasteiger partial charge in [-0.15, -0.1) is 0 Å². The molecule has 0 aromatic rings. The topological polar surface area (TPSA) is 43.1 Å². The Balaban J connectivity index is 3.37. The molecule has 2 atom stereocenters. The summed E-state index contributed by atoms with van der Waals surface area (Å²) in [4.78, 5) is 12.2. The fraction of sp³-hybridized carbons (Fsp3) is 0.955. The maximum Gasteiger partial charge on any atom is 0.137 e. The second-order valence-electron chi connectivity index (χ2n) is 7.55. The molecule has 0 radical (unpaired) electrons. The summed E-state index contributed by atoms with van der Waals surface area (Å²) in [5.41, 5.74) is 6.05. The maximum absolute atomic E-state index is 12.2. The number of hydrogen-bond donors (Lipinski definition) is 1. The molecule has 0 aliphatic heterocycles. The predicted octanol–water partition coefficient (Wildman–Crippen LogP) is 6.80. The lowest BCUT2D eigenvalue weighted by molar-refractivity contribution is -0.123. The van der Waals surface area contributed by atoms with Crippen LogP contribution in [0, 0.1) is 5.92 Å². The van der Waals surface area contributed by atoms with Crippen LogP contribution in [-0.2, 0) is 4.79 Å². The van der Waals surface area contributed by atoms with E-state index in [1.807, 2.05) is 0 Å². The van der Waals surface area contributed by atoms with E-state index >= 15 is 0 Å². The van der Waals surface area contributed by atoms with Crippen molar-refractivity contribution in [3.63, 3.8) is 0 Å². The number of carbonyl (C=O) groups excluding carboxylic acids is 1. The highest BCUT2D eigenvalue weighted by molar-refractivity contribution is 5.81. The van der Waals surface area contributed by atoms with Gasteiger partial charge in [0.25, 0.3) is 0 Å². The minimum absolute atomic E-state index is 0.0597. The van der Waals surface area contributed by atoms with E-state index in [9.17, 15) is 4.79 Å². The standard InChI is InChI=1S/C22H45NO/c1-4-7-8-9-10-11-12-13-14-15-16-17-18-19-22(24)20(5-2)21(23)6-3/h20-21H,4-19,23H2,1-3H3. The quantitative estimate of drug-likeness (QED) is 0.279. The predicted molar refractivity (Wildman–Crippen MR) is 107 cm³/mol. The van der Waals surface area contributed by atoms with E-state index in [-0.39, 0.29) is 12.0 Å². The molecule has 24 heavy (non-hydrogen) atoms. The van der Waals surface area contributed by atoms with Crippen molar-refractivity contribution >= 4 is 5.78 Å². The lowest BCUT2D eigenvalue weighted by Gasteiger charge is -2.19. The molecule has 0 aromatic carbocycles.